The third-order valence-electron chi connectivity index (χ3n) is 7.80. The number of rotatable bonds is 6. The van der Waals surface area contributed by atoms with Crippen LogP contribution >= 0.6 is 11.6 Å². The monoisotopic (exact) mass is 486 g/mol. The SMILES string of the molecule is COC1CCC(Cc2cccc(-c3c(Cl)ccc(C)c3F)c2)(C(=O)NC2CCN(C)CC2)CC1. The lowest BCUT2D eigenvalue weighted by Gasteiger charge is -2.40. The summed E-state index contributed by atoms with van der Waals surface area (Å²) in [5.41, 5.74) is 2.29. The highest BCUT2D eigenvalue weighted by Gasteiger charge is 2.42. The van der Waals surface area contributed by atoms with Gasteiger partial charge in [0, 0.05) is 18.7 Å². The first-order valence-electron chi connectivity index (χ1n) is 12.4. The molecule has 1 saturated carbocycles. The van der Waals surface area contributed by atoms with Crippen LogP contribution in [0.1, 0.15) is 49.7 Å². The van der Waals surface area contributed by atoms with Crippen molar-refractivity contribution in [1.29, 1.82) is 0 Å². The van der Waals surface area contributed by atoms with Gasteiger partial charge in [0.25, 0.3) is 0 Å². The van der Waals surface area contributed by atoms with Crippen molar-refractivity contribution in [2.45, 2.75) is 64.0 Å². The van der Waals surface area contributed by atoms with Gasteiger partial charge in [-0.1, -0.05) is 41.9 Å². The average molecular weight is 487 g/mol. The van der Waals surface area contributed by atoms with Crippen molar-refractivity contribution in [3.8, 4) is 11.1 Å². The molecule has 2 aliphatic rings. The number of hydrogen-bond acceptors (Lipinski definition) is 3. The molecule has 0 aromatic heterocycles. The van der Waals surface area contributed by atoms with Crippen LogP contribution in [0.3, 0.4) is 0 Å². The van der Waals surface area contributed by atoms with E-state index in [0.29, 0.717) is 22.6 Å². The Hall–Kier alpha value is -1.95. The zero-order valence-electron chi connectivity index (χ0n) is 20.5. The van der Waals surface area contributed by atoms with Crippen molar-refractivity contribution >= 4 is 17.5 Å². The van der Waals surface area contributed by atoms with Gasteiger partial charge < -0.3 is 15.0 Å². The van der Waals surface area contributed by atoms with Gasteiger partial charge in [-0.25, -0.2) is 4.39 Å². The molecule has 1 saturated heterocycles. The summed E-state index contributed by atoms with van der Waals surface area (Å²) in [6.07, 6.45) is 6.11. The first-order valence-corrected chi connectivity index (χ1v) is 12.8. The Kier molecular flexibility index (Phi) is 7.96. The highest BCUT2D eigenvalue weighted by atomic mass is 35.5. The van der Waals surface area contributed by atoms with E-state index in [1.165, 1.54) is 0 Å². The second kappa shape index (κ2) is 10.8. The van der Waals surface area contributed by atoms with Crippen molar-refractivity contribution < 1.29 is 13.9 Å². The number of aryl methyl sites for hydroxylation is 1. The first kappa shape index (κ1) is 25.2. The number of carbonyl (C=O) groups is 1. The number of methoxy groups -OCH3 is 1. The zero-order valence-corrected chi connectivity index (χ0v) is 21.3. The minimum Gasteiger partial charge on any atom is -0.381 e. The fraction of sp³-hybridized carbons (Fsp3) is 0.536. The molecule has 1 N–H and O–H groups in total. The van der Waals surface area contributed by atoms with Gasteiger partial charge in [-0.05, 0) is 94.8 Å². The maximum absolute atomic E-state index is 14.9. The number of halogens is 2. The van der Waals surface area contributed by atoms with E-state index in [1.807, 2.05) is 24.3 Å². The summed E-state index contributed by atoms with van der Waals surface area (Å²) in [5.74, 6) is -0.137. The molecule has 1 aliphatic heterocycles. The molecule has 2 aromatic carbocycles. The molecular weight excluding hydrogens is 451 g/mol. The third kappa shape index (κ3) is 5.48. The number of piperidine rings is 1. The van der Waals surface area contributed by atoms with Crippen molar-refractivity contribution in [2.24, 2.45) is 5.41 Å². The topological polar surface area (TPSA) is 41.6 Å². The molecule has 4 rings (SSSR count). The van der Waals surface area contributed by atoms with Gasteiger partial charge in [-0.15, -0.1) is 0 Å². The summed E-state index contributed by atoms with van der Waals surface area (Å²) in [7, 11) is 3.88. The predicted octanol–water partition coefficient (Wildman–Crippen LogP) is 5.78. The number of hydrogen-bond donors (Lipinski definition) is 1. The third-order valence-corrected chi connectivity index (χ3v) is 8.12. The van der Waals surface area contributed by atoms with Gasteiger partial charge >= 0.3 is 0 Å². The number of amides is 1. The lowest BCUT2D eigenvalue weighted by molar-refractivity contribution is -0.135. The van der Waals surface area contributed by atoms with Gasteiger partial charge in [0.2, 0.25) is 5.91 Å². The number of nitrogens with zero attached hydrogens (tertiary/aromatic N) is 1. The van der Waals surface area contributed by atoms with Crippen molar-refractivity contribution in [3.05, 3.63) is 58.4 Å². The number of ether oxygens (including phenoxy) is 1. The Morgan fingerprint density at radius 1 is 1.18 bits per heavy atom. The highest BCUT2D eigenvalue weighted by molar-refractivity contribution is 6.33. The van der Waals surface area contributed by atoms with Crippen LogP contribution in [0, 0.1) is 18.2 Å². The van der Waals surface area contributed by atoms with Crippen LogP contribution in [0.4, 0.5) is 4.39 Å². The van der Waals surface area contributed by atoms with Crippen LogP contribution in [-0.4, -0.2) is 50.2 Å². The van der Waals surface area contributed by atoms with E-state index in [1.54, 1.807) is 26.2 Å². The standard InChI is InChI=1S/C28H36ClFN2O2/c1-19-7-8-24(29)25(26(19)30)21-6-4-5-20(17-21)18-28(13-9-23(34-3)10-14-28)27(33)31-22-11-15-32(2)16-12-22/h4-8,17,22-23H,9-16,18H2,1-3H3,(H,31,33). The lowest BCUT2D eigenvalue weighted by atomic mass is 9.68. The highest BCUT2D eigenvalue weighted by Crippen LogP contribution is 2.42. The summed E-state index contributed by atoms with van der Waals surface area (Å²) in [6, 6.07) is 11.5. The predicted molar refractivity (Wildman–Crippen MR) is 136 cm³/mol. The number of nitrogens with one attached hydrogen (secondary N) is 1. The maximum Gasteiger partial charge on any atom is 0.226 e. The minimum atomic E-state index is -0.480. The van der Waals surface area contributed by atoms with Crippen LogP contribution < -0.4 is 5.32 Å². The van der Waals surface area contributed by atoms with Gasteiger partial charge in [0.05, 0.1) is 16.5 Å². The molecule has 1 aliphatic carbocycles. The molecule has 34 heavy (non-hydrogen) atoms. The molecule has 6 heteroatoms. The maximum atomic E-state index is 14.9. The van der Waals surface area contributed by atoms with Crippen LogP contribution in [-0.2, 0) is 16.0 Å². The van der Waals surface area contributed by atoms with Gasteiger partial charge in [0.15, 0.2) is 0 Å². The summed E-state index contributed by atoms with van der Waals surface area (Å²) >= 11 is 6.39. The van der Waals surface area contributed by atoms with Gasteiger partial charge in [-0.3, -0.25) is 4.79 Å². The van der Waals surface area contributed by atoms with E-state index in [4.69, 9.17) is 16.3 Å². The number of carbonyl (C=O) groups excluding carboxylic acids is 1. The van der Waals surface area contributed by atoms with Crippen molar-refractivity contribution in [1.82, 2.24) is 10.2 Å². The van der Waals surface area contributed by atoms with Crippen LogP contribution in [0.25, 0.3) is 11.1 Å². The molecule has 2 aromatic rings. The second-order valence-corrected chi connectivity index (χ2v) is 10.6. The fourth-order valence-electron chi connectivity index (χ4n) is 5.50. The Morgan fingerprint density at radius 2 is 1.88 bits per heavy atom. The second-order valence-electron chi connectivity index (χ2n) is 10.2. The van der Waals surface area contributed by atoms with E-state index in [2.05, 4.69) is 17.3 Å². The molecule has 0 unspecified atom stereocenters. The number of benzene rings is 2. The largest absolute Gasteiger partial charge is 0.381 e. The lowest BCUT2D eigenvalue weighted by Crippen LogP contribution is -2.51. The first-order chi connectivity index (χ1) is 16.3. The Labute approximate surface area is 207 Å². The van der Waals surface area contributed by atoms with E-state index in [-0.39, 0.29) is 23.9 Å². The Balaban J connectivity index is 1.59. The summed E-state index contributed by atoms with van der Waals surface area (Å²) in [6.45, 7) is 3.76. The molecule has 2 fully saturated rings. The van der Waals surface area contributed by atoms with Crippen molar-refractivity contribution in [2.75, 3.05) is 27.2 Å². The molecule has 0 radical (unpaired) electrons. The summed E-state index contributed by atoms with van der Waals surface area (Å²) < 4.78 is 20.5. The average Bonchev–Trinajstić information content (AvgIpc) is 2.84. The molecule has 4 nitrogen and oxygen atoms in total. The van der Waals surface area contributed by atoms with Crippen molar-refractivity contribution in [3.63, 3.8) is 0 Å². The molecule has 1 heterocycles. The fourth-order valence-corrected chi connectivity index (χ4v) is 5.76. The van der Waals surface area contributed by atoms with Crippen LogP contribution in [0.2, 0.25) is 5.02 Å². The molecule has 0 atom stereocenters. The van der Waals surface area contributed by atoms with E-state index in [9.17, 15) is 9.18 Å². The molecule has 0 spiro atoms. The normalized spacial score (nSPS) is 24.2. The molecule has 0 bridgehead atoms. The Bertz CT molecular complexity index is 1010. The minimum absolute atomic E-state index is 0.154. The summed E-state index contributed by atoms with van der Waals surface area (Å²) in [5, 5.41) is 3.79. The summed E-state index contributed by atoms with van der Waals surface area (Å²) in [4.78, 5) is 16.0. The molecular formula is C28H36ClFN2O2. The Morgan fingerprint density at radius 3 is 2.56 bits per heavy atom. The van der Waals surface area contributed by atoms with Crippen LogP contribution in [0.5, 0.6) is 0 Å². The smallest absolute Gasteiger partial charge is 0.226 e. The molecule has 1 amide bonds. The van der Waals surface area contributed by atoms with E-state index >= 15 is 0 Å². The van der Waals surface area contributed by atoms with Gasteiger partial charge in [-0.2, -0.15) is 0 Å². The zero-order chi connectivity index (χ0) is 24.3. The van der Waals surface area contributed by atoms with Gasteiger partial charge in [0.1, 0.15) is 5.82 Å². The van der Waals surface area contributed by atoms with Crippen LogP contribution in [0.15, 0.2) is 36.4 Å². The number of likely N-dealkylation sites (tertiary alicyclic amines) is 1. The van der Waals surface area contributed by atoms with E-state index in [0.717, 1.165) is 62.7 Å². The quantitative estimate of drug-likeness (QED) is 0.562. The van der Waals surface area contributed by atoms with E-state index < -0.39 is 5.41 Å². The molecule has 184 valence electrons.